The number of likely N-dealkylation sites (tertiary alicyclic amines) is 1. The molecule has 0 radical (unpaired) electrons. The summed E-state index contributed by atoms with van der Waals surface area (Å²) in [7, 11) is 0. The zero-order valence-corrected chi connectivity index (χ0v) is 17.2. The van der Waals surface area contributed by atoms with Gasteiger partial charge in [-0.2, -0.15) is 0 Å². The van der Waals surface area contributed by atoms with Crippen LogP contribution in [0.5, 0.6) is 0 Å². The number of hydrogen-bond donors (Lipinski definition) is 0. The molecule has 2 unspecified atom stereocenters. The van der Waals surface area contributed by atoms with Gasteiger partial charge in [-0.05, 0) is 36.1 Å². The third-order valence-electron chi connectivity index (χ3n) is 6.85. The van der Waals surface area contributed by atoms with E-state index in [0.29, 0.717) is 6.04 Å². The first kappa shape index (κ1) is 18.6. The fourth-order valence-electron chi connectivity index (χ4n) is 5.41. The Labute approximate surface area is 173 Å². The molecule has 0 N–H and O–H groups in total. The Bertz CT molecular complexity index is 786. The van der Waals surface area contributed by atoms with E-state index in [1.54, 1.807) is 0 Å². The van der Waals surface area contributed by atoms with Gasteiger partial charge in [0, 0.05) is 50.1 Å². The number of ether oxygens (including phenoxy) is 1. The van der Waals surface area contributed by atoms with Crippen LogP contribution in [-0.4, -0.2) is 41.2 Å². The van der Waals surface area contributed by atoms with E-state index in [9.17, 15) is 0 Å². The lowest BCUT2D eigenvalue weighted by atomic mass is 9.91. The number of benzene rings is 2. The van der Waals surface area contributed by atoms with Crippen molar-refractivity contribution < 1.29 is 4.74 Å². The highest BCUT2D eigenvalue weighted by molar-refractivity contribution is 6.30. The normalized spacial score (nSPS) is 27.8. The second-order valence-corrected chi connectivity index (χ2v) is 8.99. The van der Waals surface area contributed by atoms with Crippen LogP contribution in [0.25, 0.3) is 0 Å². The maximum atomic E-state index is 6.92. The number of nitrogens with zero attached hydrogens (tertiary/aromatic N) is 2. The van der Waals surface area contributed by atoms with E-state index in [2.05, 4.69) is 52.3 Å². The third kappa shape index (κ3) is 3.50. The largest absolute Gasteiger partial charge is 0.351 e. The Morgan fingerprint density at radius 1 is 0.929 bits per heavy atom. The summed E-state index contributed by atoms with van der Waals surface area (Å²) in [5.41, 5.74) is 2.60. The lowest BCUT2D eigenvalue weighted by molar-refractivity contribution is -0.141. The molecule has 3 nitrogen and oxygen atoms in total. The van der Waals surface area contributed by atoms with Crippen molar-refractivity contribution in [3.63, 3.8) is 0 Å². The second kappa shape index (κ2) is 7.79. The van der Waals surface area contributed by atoms with Crippen molar-refractivity contribution in [2.75, 3.05) is 19.6 Å². The molecule has 3 saturated heterocycles. The van der Waals surface area contributed by atoms with Crippen molar-refractivity contribution in [1.82, 2.24) is 9.80 Å². The van der Waals surface area contributed by atoms with Crippen LogP contribution in [0, 0.1) is 0 Å². The van der Waals surface area contributed by atoms with Gasteiger partial charge in [-0.1, -0.05) is 60.5 Å². The van der Waals surface area contributed by atoms with Crippen LogP contribution in [0.4, 0.5) is 0 Å². The van der Waals surface area contributed by atoms with Crippen LogP contribution >= 0.6 is 11.6 Å². The number of fused-ring (bicyclic) bond motifs is 2. The van der Waals surface area contributed by atoms with E-state index >= 15 is 0 Å². The summed E-state index contributed by atoms with van der Waals surface area (Å²) in [6.07, 6.45) is 6.22. The van der Waals surface area contributed by atoms with Crippen LogP contribution < -0.4 is 0 Å². The van der Waals surface area contributed by atoms with Crippen molar-refractivity contribution >= 4 is 11.6 Å². The van der Waals surface area contributed by atoms with Crippen molar-refractivity contribution in [2.45, 2.75) is 56.5 Å². The first-order valence-corrected chi connectivity index (χ1v) is 11.1. The van der Waals surface area contributed by atoms with Gasteiger partial charge < -0.3 is 4.74 Å². The van der Waals surface area contributed by atoms with Crippen molar-refractivity contribution in [1.29, 1.82) is 0 Å². The lowest BCUT2D eigenvalue weighted by Gasteiger charge is -2.46. The molecule has 148 valence electrons. The fourth-order valence-corrected chi connectivity index (χ4v) is 5.54. The van der Waals surface area contributed by atoms with Crippen LogP contribution in [0.15, 0.2) is 54.6 Å². The summed E-state index contributed by atoms with van der Waals surface area (Å²) in [6.45, 7) is 4.42. The second-order valence-electron chi connectivity index (χ2n) is 8.55. The molecule has 0 amide bonds. The van der Waals surface area contributed by atoms with E-state index in [0.717, 1.165) is 37.5 Å². The summed E-state index contributed by atoms with van der Waals surface area (Å²) in [6, 6.07) is 19.6. The molecule has 0 saturated carbocycles. The van der Waals surface area contributed by atoms with E-state index in [1.165, 1.54) is 36.9 Å². The fraction of sp³-hybridized carbons (Fsp3) is 0.500. The highest BCUT2D eigenvalue weighted by atomic mass is 35.5. The molecule has 4 heteroatoms. The molecular formula is C24H29ClN2O. The van der Waals surface area contributed by atoms with E-state index in [-0.39, 0.29) is 11.8 Å². The summed E-state index contributed by atoms with van der Waals surface area (Å²) in [5.74, 6) is 0. The molecule has 0 bridgehead atoms. The summed E-state index contributed by atoms with van der Waals surface area (Å²) >= 11 is 6.12. The molecule has 2 atom stereocenters. The van der Waals surface area contributed by atoms with Crippen LogP contribution in [0.2, 0.25) is 5.02 Å². The Hall–Kier alpha value is -1.39. The van der Waals surface area contributed by atoms with Gasteiger partial charge in [-0.25, -0.2) is 0 Å². The zero-order chi connectivity index (χ0) is 19.0. The van der Waals surface area contributed by atoms with Crippen LogP contribution in [0.3, 0.4) is 0 Å². The predicted molar refractivity (Wildman–Crippen MR) is 113 cm³/mol. The molecule has 2 aromatic rings. The van der Waals surface area contributed by atoms with E-state index in [4.69, 9.17) is 16.3 Å². The van der Waals surface area contributed by atoms with Crippen LogP contribution in [-0.2, 0) is 11.3 Å². The third-order valence-corrected chi connectivity index (χ3v) is 7.11. The molecule has 0 aromatic heterocycles. The average Bonchev–Trinajstić information content (AvgIpc) is 3.06. The number of halogens is 1. The van der Waals surface area contributed by atoms with E-state index in [1.807, 2.05) is 12.1 Å². The van der Waals surface area contributed by atoms with Crippen molar-refractivity contribution in [3.05, 3.63) is 70.7 Å². The number of hydrogen-bond acceptors (Lipinski definition) is 3. The number of piperidine rings is 2. The van der Waals surface area contributed by atoms with Gasteiger partial charge in [0.25, 0.3) is 0 Å². The van der Waals surface area contributed by atoms with Gasteiger partial charge in [0.15, 0.2) is 0 Å². The molecule has 28 heavy (non-hydrogen) atoms. The van der Waals surface area contributed by atoms with Gasteiger partial charge in [-0.15, -0.1) is 0 Å². The molecule has 2 aromatic carbocycles. The Morgan fingerprint density at radius 3 is 2.43 bits per heavy atom. The smallest absolute Gasteiger partial charge is 0.125 e. The number of rotatable bonds is 3. The average molecular weight is 397 g/mol. The molecule has 5 rings (SSSR count). The molecule has 1 spiro atoms. The molecular weight excluding hydrogens is 368 g/mol. The maximum absolute atomic E-state index is 6.92. The topological polar surface area (TPSA) is 15.7 Å². The van der Waals surface area contributed by atoms with Gasteiger partial charge in [0.05, 0.1) is 0 Å². The van der Waals surface area contributed by atoms with Crippen LogP contribution in [0.1, 0.15) is 49.3 Å². The predicted octanol–water partition coefficient (Wildman–Crippen LogP) is 5.26. The molecule has 0 aliphatic carbocycles. The first-order valence-electron chi connectivity index (χ1n) is 10.7. The van der Waals surface area contributed by atoms with Gasteiger partial charge >= 0.3 is 0 Å². The highest BCUT2D eigenvalue weighted by Crippen LogP contribution is 2.49. The van der Waals surface area contributed by atoms with Crippen molar-refractivity contribution in [3.8, 4) is 0 Å². The van der Waals surface area contributed by atoms with Crippen molar-refractivity contribution in [2.24, 2.45) is 0 Å². The summed E-state index contributed by atoms with van der Waals surface area (Å²) < 4.78 is 6.92. The summed E-state index contributed by atoms with van der Waals surface area (Å²) in [5, 5.41) is 0.797. The zero-order valence-electron chi connectivity index (χ0n) is 16.4. The standard InChI is InChI=1S/C24H29ClN2O/c25-21-11-9-20(10-12-21)23-22-8-4-5-15-27(22)24(28-23)13-16-26(17-14-24)18-19-6-2-1-3-7-19/h1-3,6-7,9-12,22-23H,4-5,8,13-18H2. The van der Waals surface area contributed by atoms with Gasteiger partial charge in [0.1, 0.15) is 11.8 Å². The van der Waals surface area contributed by atoms with E-state index < -0.39 is 0 Å². The molecule has 3 aliphatic heterocycles. The maximum Gasteiger partial charge on any atom is 0.125 e. The Morgan fingerprint density at radius 2 is 1.68 bits per heavy atom. The quantitative estimate of drug-likeness (QED) is 0.703. The minimum Gasteiger partial charge on any atom is -0.351 e. The SMILES string of the molecule is Clc1ccc(C2OC3(CCN(Cc4ccccc4)CC3)N3CCCCC23)cc1. The first-order chi connectivity index (χ1) is 13.7. The lowest BCUT2D eigenvalue weighted by Crippen LogP contribution is -2.55. The molecule has 3 fully saturated rings. The molecule has 3 heterocycles. The van der Waals surface area contributed by atoms with Gasteiger partial charge in [0.2, 0.25) is 0 Å². The molecule has 3 aliphatic rings. The minimum absolute atomic E-state index is 0.0808. The summed E-state index contributed by atoms with van der Waals surface area (Å²) in [4.78, 5) is 5.30. The Kier molecular flexibility index (Phi) is 5.18. The Balaban J connectivity index is 1.32. The monoisotopic (exact) mass is 396 g/mol. The minimum atomic E-state index is -0.0808. The van der Waals surface area contributed by atoms with Gasteiger partial charge in [-0.3, -0.25) is 9.80 Å². The highest BCUT2D eigenvalue weighted by Gasteiger charge is 2.54.